The lowest BCUT2D eigenvalue weighted by atomic mass is 10.1. The zero-order valence-corrected chi connectivity index (χ0v) is 19.6. The third kappa shape index (κ3) is 6.38. The molecule has 8 nitrogen and oxygen atoms in total. The van der Waals surface area contributed by atoms with Gasteiger partial charge in [0, 0.05) is 50.8 Å². The van der Waals surface area contributed by atoms with Gasteiger partial charge in [-0.1, -0.05) is 0 Å². The highest BCUT2D eigenvalue weighted by Gasteiger charge is 2.20. The Balaban J connectivity index is 1.83. The fraction of sp³-hybridized carbons (Fsp3) is 0.440. The first-order valence-electron chi connectivity index (χ1n) is 11.3. The van der Waals surface area contributed by atoms with E-state index in [9.17, 15) is 9.59 Å². The van der Waals surface area contributed by atoms with Crippen molar-refractivity contribution >= 4 is 23.2 Å². The second kappa shape index (κ2) is 12.1. The molecule has 0 aliphatic carbocycles. The Kier molecular flexibility index (Phi) is 8.95. The van der Waals surface area contributed by atoms with E-state index in [4.69, 9.17) is 14.2 Å². The number of rotatable bonds is 10. The summed E-state index contributed by atoms with van der Waals surface area (Å²) >= 11 is 0. The number of amides is 2. The number of anilines is 2. The van der Waals surface area contributed by atoms with E-state index in [1.165, 1.54) is 13.5 Å². The Labute approximate surface area is 195 Å². The fourth-order valence-corrected chi connectivity index (χ4v) is 3.90. The summed E-state index contributed by atoms with van der Waals surface area (Å²) in [6.45, 7) is 2.93. The summed E-state index contributed by atoms with van der Waals surface area (Å²) in [6.07, 6.45) is 4.14. The molecule has 178 valence electrons. The second-order valence-corrected chi connectivity index (χ2v) is 7.90. The van der Waals surface area contributed by atoms with Crippen LogP contribution in [0, 0.1) is 0 Å². The summed E-state index contributed by atoms with van der Waals surface area (Å²) in [7, 11) is 4.70. The number of piperidine rings is 1. The summed E-state index contributed by atoms with van der Waals surface area (Å²) in [5.74, 6) is 0.520. The summed E-state index contributed by atoms with van der Waals surface area (Å²) in [4.78, 5) is 28.2. The molecule has 0 saturated carbocycles. The first-order chi connectivity index (χ1) is 16.1. The third-order valence-corrected chi connectivity index (χ3v) is 5.66. The maximum Gasteiger partial charge on any atom is 0.259 e. The van der Waals surface area contributed by atoms with Crippen LogP contribution in [0.15, 0.2) is 36.4 Å². The first-order valence-corrected chi connectivity index (χ1v) is 11.3. The maximum atomic E-state index is 13.0. The molecular weight excluding hydrogens is 422 g/mol. The quantitative estimate of drug-likeness (QED) is 0.531. The molecule has 0 atom stereocenters. The van der Waals surface area contributed by atoms with Crippen molar-refractivity contribution in [3.63, 3.8) is 0 Å². The normalized spacial score (nSPS) is 13.4. The SMILES string of the molecule is COCCCNC(=O)c1cc(NC(=O)c2ccc(OC)cc2OC)ccc1N1CCCCC1. The molecule has 1 heterocycles. The van der Waals surface area contributed by atoms with Gasteiger partial charge >= 0.3 is 0 Å². The predicted molar refractivity (Wildman–Crippen MR) is 129 cm³/mol. The number of carbonyl (C=O) groups excluding carboxylic acids is 2. The number of carbonyl (C=O) groups is 2. The molecule has 2 aromatic carbocycles. The van der Waals surface area contributed by atoms with Crippen LogP contribution in [0.25, 0.3) is 0 Å². The molecule has 2 amide bonds. The molecule has 1 saturated heterocycles. The van der Waals surface area contributed by atoms with E-state index in [2.05, 4.69) is 15.5 Å². The molecule has 0 spiro atoms. The highest BCUT2D eigenvalue weighted by Crippen LogP contribution is 2.29. The first kappa shape index (κ1) is 24.4. The van der Waals surface area contributed by atoms with E-state index >= 15 is 0 Å². The highest BCUT2D eigenvalue weighted by molar-refractivity contribution is 6.08. The number of nitrogens with one attached hydrogen (secondary N) is 2. The summed E-state index contributed by atoms with van der Waals surface area (Å²) in [5.41, 5.74) is 2.36. The van der Waals surface area contributed by atoms with Gasteiger partial charge in [0.15, 0.2) is 0 Å². The summed E-state index contributed by atoms with van der Waals surface area (Å²) < 4.78 is 15.6. The minimum atomic E-state index is -0.327. The van der Waals surface area contributed by atoms with Crippen LogP contribution >= 0.6 is 0 Å². The molecule has 3 rings (SSSR count). The van der Waals surface area contributed by atoms with Crippen LogP contribution in [0.3, 0.4) is 0 Å². The zero-order chi connectivity index (χ0) is 23.6. The minimum Gasteiger partial charge on any atom is -0.497 e. The monoisotopic (exact) mass is 455 g/mol. The minimum absolute atomic E-state index is 0.162. The van der Waals surface area contributed by atoms with Gasteiger partial charge in [-0.25, -0.2) is 0 Å². The number of nitrogens with zero attached hydrogens (tertiary/aromatic N) is 1. The zero-order valence-electron chi connectivity index (χ0n) is 19.6. The molecule has 1 fully saturated rings. The number of benzene rings is 2. The van der Waals surface area contributed by atoms with Gasteiger partial charge in [0.2, 0.25) is 0 Å². The lowest BCUT2D eigenvalue weighted by Crippen LogP contribution is -2.33. The van der Waals surface area contributed by atoms with E-state index in [1.54, 1.807) is 38.5 Å². The Morgan fingerprint density at radius 3 is 2.39 bits per heavy atom. The topological polar surface area (TPSA) is 89.1 Å². The van der Waals surface area contributed by atoms with Gasteiger partial charge in [0.05, 0.1) is 25.3 Å². The van der Waals surface area contributed by atoms with Crippen LogP contribution in [-0.2, 0) is 4.74 Å². The standard InChI is InChI=1S/C25H33N3O5/c1-31-15-7-12-26-24(29)21-16-18(8-11-22(21)28-13-5-4-6-14-28)27-25(30)20-10-9-19(32-2)17-23(20)33-3/h8-11,16-17H,4-7,12-15H2,1-3H3,(H,26,29)(H,27,30). The van der Waals surface area contributed by atoms with Crippen LogP contribution < -0.4 is 25.0 Å². The van der Waals surface area contributed by atoms with E-state index in [0.29, 0.717) is 41.5 Å². The van der Waals surface area contributed by atoms with E-state index in [1.807, 2.05) is 12.1 Å². The van der Waals surface area contributed by atoms with Gasteiger partial charge in [0.1, 0.15) is 11.5 Å². The predicted octanol–water partition coefficient (Wildman–Crippen LogP) is 3.71. The molecule has 33 heavy (non-hydrogen) atoms. The van der Waals surface area contributed by atoms with Crippen molar-refractivity contribution in [3.8, 4) is 11.5 Å². The molecule has 2 aromatic rings. The van der Waals surface area contributed by atoms with Crippen molar-refractivity contribution in [2.45, 2.75) is 25.7 Å². The van der Waals surface area contributed by atoms with E-state index < -0.39 is 0 Å². The van der Waals surface area contributed by atoms with Crippen molar-refractivity contribution in [1.29, 1.82) is 0 Å². The lowest BCUT2D eigenvalue weighted by Gasteiger charge is -2.30. The van der Waals surface area contributed by atoms with E-state index in [0.717, 1.165) is 38.0 Å². The van der Waals surface area contributed by atoms with Crippen molar-refractivity contribution in [1.82, 2.24) is 5.32 Å². The Morgan fingerprint density at radius 1 is 0.909 bits per heavy atom. The van der Waals surface area contributed by atoms with Gasteiger partial charge in [-0.3, -0.25) is 9.59 Å². The maximum absolute atomic E-state index is 13.0. The van der Waals surface area contributed by atoms with Gasteiger partial charge in [-0.2, -0.15) is 0 Å². The Hall–Kier alpha value is -3.26. The van der Waals surface area contributed by atoms with Gasteiger partial charge < -0.3 is 29.7 Å². The highest BCUT2D eigenvalue weighted by atomic mass is 16.5. The number of hydrogen-bond acceptors (Lipinski definition) is 6. The lowest BCUT2D eigenvalue weighted by molar-refractivity contribution is 0.0947. The molecule has 8 heteroatoms. The Morgan fingerprint density at radius 2 is 1.70 bits per heavy atom. The second-order valence-electron chi connectivity index (χ2n) is 7.90. The van der Waals surface area contributed by atoms with Crippen LogP contribution in [0.1, 0.15) is 46.4 Å². The molecule has 1 aliphatic rings. The van der Waals surface area contributed by atoms with Gasteiger partial charge in [-0.15, -0.1) is 0 Å². The molecule has 0 bridgehead atoms. The number of ether oxygens (including phenoxy) is 3. The molecule has 0 aromatic heterocycles. The molecule has 0 unspecified atom stereocenters. The van der Waals surface area contributed by atoms with Crippen LogP contribution in [0.2, 0.25) is 0 Å². The van der Waals surface area contributed by atoms with Gasteiger partial charge in [0.25, 0.3) is 11.8 Å². The van der Waals surface area contributed by atoms with Crippen molar-refractivity contribution in [2.24, 2.45) is 0 Å². The smallest absolute Gasteiger partial charge is 0.259 e. The number of hydrogen-bond donors (Lipinski definition) is 2. The van der Waals surface area contributed by atoms with Gasteiger partial charge in [-0.05, 0) is 56.0 Å². The largest absolute Gasteiger partial charge is 0.497 e. The average molecular weight is 456 g/mol. The summed E-state index contributed by atoms with van der Waals surface area (Å²) in [5, 5.41) is 5.86. The molecule has 0 radical (unpaired) electrons. The van der Waals surface area contributed by atoms with Crippen LogP contribution in [0.5, 0.6) is 11.5 Å². The van der Waals surface area contributed by atoms with Crippen molar-refractivity contribution in [2.75, 3.05) is 57.8 Å². The van der Waals surface area contributed by atoms with Crippen molar-refractivity contribution in [3.05, 3.63) is 47.5 Å². The molecule has 2 N–H and O–H groups in total. The van der Waals surface area contributed by atoms with Crippen LogP contribution in [0.4, 0.5) is 11.4 Å². The van der Waals surface area contributed by atoms with Crippen LogP contribution in [-0.4, -0.2) is 59.4 Å². The Bertz CT molecular complexity index is 957. The third-order valence-electron chi connectivity index (χ3n) is 5.66. The summed E-state index contributed by atoms with van der Waals surface area (Å²) in [6, 6.07) is 10.5. The van der Waals surface area contributed by atoms with Crippen molar-refractivity contribution < 1.29 is 23.8 Å². The average Bonchev–Trinajstić information content (AvgIpc) is 2.86. The molecular formula is C25H33N3O5. The number of methoxy groups -OCH3 is 3. The molecule has 1 aliphatic heterocycles. The fourth-order valence-electron chi connectivity index (χ4n) is 3.90. The van der Waals surface area contributed by atoms with E-state index in [-0.39, 0.29) is 11.8 Å².